The molecule has 7 heteroatoms. The van der Waals surface area contributed by atoms with E-state index in [1.807, 2.05) is 54.8 Å². The Morgan fingerprint density at radius 2 is 1.83 bits per heavy atom. The molecular weight excluding hydrogens is 400 g/mol. The zero-order valence-electron chi connectivity index (χ0n) is 17.0. The van der Waals surface area contributed by atoms with Crippen LogP contribution in [0.1, 0.15) is 16.0 Å². The zero-order chi connectivity index (χ0) is 21.2. The van der Waals surface area contributed by atoms with Crippen LogP contribution in [0.25, 0.3) is 0 Å². The average Bonchev–Trinajstić information content (AvgIpc) is 3.26. The van der Waals surface area contributed by atoms with Crippen LogP contribution in [0.15, 0.2) is 65.1 Å². The van der Waals surface area contributed by atoms with Gasteiger partial charge >= 0.3 is 0 Å². The molecule has 2 aromatic carbocycles. The van der Waals surface area contributed by atoms with Gasteiger partial charge in [-0.25, -0.2) is 5.43 Å². The maximum Gasteiger partial charge on any atom is 0.245 e. The minimum absolute atomic E-state index is 0.158. The summed E-state index contributed by atoms with van der Waals surface area (Å²) >= 11 is 1.54. The number of carbonyl (C=O) groups is 1. The van der Waals surface area contributed by atoms with Crippen LogP contribution in [0.2, 0.25) is 0 Å². The lowest BCUT2D eigenvalue weighted by atomic mass is 10.2. The van der Waals surface area contributed by atoms with Gasteiger partial charge in [-0.3, -0.25) is 4.79 Å². The number of aryl methyl sites for hydroxylation is 1. The van der Waals surface area contributed by atoms with Crippen LogP contribution in [0.3, 0.4) is 0 Å². The number of hydrogen-bond donors (Lipinski definition) is 1. The Labute approximate surface area is 180 Å². The fourth-order valence-electron chi connectivity index (χ4n) is 2.70. The predicted molar refractivity (Wildman–Crippen MR) is 119 cm³/mol. The third-order valence-corrected chi connectivity index (χ3v) is 5.07. The molecule has 6 nitrogen and oxygen atoms in total. The number of hydrogen-bond acceptors (Lipinski definition) is 6. The zero-order valence-corrected chi connectivity index (χ0v) is 17.8. The molecule has 30 heavy (non-hydrogen) atoms. The number of nitrogens with zero attached hydrogens (tertiary/aromatic N) is 1. The molecular formula is C23H24N2O4S. The standard InChI is InChI=1S/C23H24N2O4S/c1-17-6-3-4-8-20(17)28-11-12-29-21-10-9-18(14-22(21)27-2)16-24-25-23(26)15-19-7-5-13-30-19/h3-10,13-14,16H,11-12,15H2,1-2H3,(H,25,26)/b24-16-. The van der Waals surface area contributed by atoms with Crippen molar-refractivity contribution in [3.63, 3.8) is 0 Å². The number of hydrazone groups is 1. The third-order valence-electron chi connectivity index (χ3n) is 4.20. The van der Waals surface area contributed by atoms with Gasteiger partial charge in [-0.1, -0.05) is 24.3 Å². The predicted octanol–water partition coefficient (Wildman–Crippen LogP) is 4.22. The molecule has 156 valence electrons. The molecule has 3 aromatic rings. The lowest BCUT2D eigenvalue weighted by molar-refractivity contribution is -0.120. The molecule has 0 aliphatic carbocycles. The molecule has 1 aromatic heterocycles. The van der Waals surface area contributed by atoms with E-state index in [2.05, 4.69) is 10.5 Å². The highest BCUT2D eigenvalue weighted by molar-refractivity contribution is 7.10. The molecule has 1 amide bonds. The van der Waals surface area contributed by atoms with Crippen LogP contribution in [-0.2, 0) is 11.2 Å². The normalized spacial score (nSPS) is 10.7. The van der Waals surface area contributed by atoms with Gasteiger partial charge in [0.15, 0.2) is 11.5 Å². The summed E-state index contributed by atoms with van der Waals surface area (Å²) in [5, 5.41) is 5.95. The monoisotopic (exact) mass is 424 g/mol. The highest BCUT2D eigenvalue weighted by Gasteiger charge is 2.06. The van der Waals surface area contributed by atoms with Crippen molar-refractivity contribution in [1.82, 2.24) is 5.43 Å². The van der Waals surface area contributed by atoms with Gasteiger partial charge in [-0.2, -0.15) is 5.10 Å². The van der Waals surface area contributed by atoms with Crippen molar-refractivity contribution < 1.29 is 19.0 Å². The van der Waals surface area contributed by atoms with Gasteiger partial charge in [0, 0.05) is 4.88 Å². The topological polar surface area (TPSA) is 69.2 Å². The Morgan fingerprint density at radius 3 is 2.57 bits per heavy atom. The van der Waals surface area contributed by atoms with Gasteiger partial charge < -0.3 is 14.2 Å². The molecule has 1 heterocycles. The number of rotatable bonds is 10. The largest absolute Gasteiger partial charge is 0.493 e. The van der Waals surface area contributed by atoms with Crippen LogP contribution in [0.4, 0.5) is 0 Å². The third kappa shape index (κ3) is 6.35. The van der Waals surface area contributed by atoms with Crippen molar-refractivity contribution in [3.8, 4) is 17.2 Å². The maximum absolute atomic E-state index is 11.9. The summed E-state index contributed by atoms with van der Waals surface area (Å²) in [7, 11) is 1.58. The van der Waals surface area contributed by atoms with Crippen LogP contribution in [0, 0.1) is 6.92 Å². The van der Waals surface area contributed by atoms with E-state index in [9.17, 15) is 4.79 Å². The summed E-state index contributed by atoms with van der Waals surface area (Å²) in [5.41, 5.74) is 4.40. The fraction of sp³-hybridized carbons (Fsp3) is 0.217. The number of amides is 1. The first-order chi connectivity index (χ1) is 14.7. The quantitative estimate of drug-likeness (QED) is 0.301. The number of methoxy groups -OCH3 is 1. The molecule has 0 aliphatic heterocycles. The van der Waals surface area contributed by atoms with E-state index in [0.29, 0.717) is 31.1 Å². The van der Waals surface area contributed by atoms with E-state index in [1.54, 1.807) is 36.8 Å². The van der Waals surface area contributed by atoms with Crippen molar-refractivity contribution in [2.24, 2.45) is 5.10 Å². The van der Waals surface area contributed by atoms with E-state index < -0.39 is 0 Å². The summed E-state index contributed by atoms with van der Waals surface area (Å²) in [6, 6.07) is 17.1. The first-order valence-electron chi connectivity index (χ1n) is 9.49. The second-order valence-corrected chi connectivity index (χ2v) is 7.45. The van der Waals surface area contributed by atoms with Gasteiger partial charge in [0.25, 0.3) is 0 Å². The van der Waals surface area contributed by atoms with Crippen LogP contribution < -0.4 is 19.6 Å². The minimum atomic E-state index is -0.158. The summed E-state index contributed by atoms with van der Waals surface area (Å²) in [6.45, 7) is 2.81. The molecule has 0 saturated carbocycles. The van der Waals surface area contributed by atoms with E-state index in [1.165, 1.54) is 0 Å². The number of ether oxygens (including phenoxy) is 3. The van der Waals surface area contributed by atoms with Crippen molar-refractivity contribution >= 4 is 23.5 Å². The van der Waals surface area contributed by atoms with Gasteiger partial charge in [0.05, 0.1) is 19.7 Å². The van der Waals surface area contributed by atoms with Gasteiger partial charge in [0.1, 0.15) is 19.0 Å². The SMILES string of the molecule is COc1cc(/C=N\NC(=O)Cc2cccs2)ccc1OCCOc1ccccc1C. The van der Waals surface area contributed by atoms with Crippen molar-refractivity contribution in [2.45, 2.75) is 13.3 Å². The van der Waals surface area contributed by atoms with Gasteiger partial charge in [-0.05, 0) is 53.8 Å². The highest BCUT2D eigenvalue weighted by Crippen LogP contribution is 2.27. The number of thiophene rings is 1. The first-order valence-corrected chi connectivity index (χ1v) is 10.4. The number of benzene rings is 2. The van der Waals surface area contributed by atoms with Crippen molar-refractivity contribution in [2.75, 3.05) is 20.3 Å². The molecule has 0 aliphatic rings. The van der Waals surface area contributed by atoms with Crippen molar-refractivity contribution in [3.05, 3.63) is 76.0 Å². The number of carbonyl (C=O) groups excluding carboxylic acids is 1. The van der Waals surface area contributed by atoms with Gasteiger partial charge in [0.2, 0.25) is 5.91 Å². The lowest BCUT2D eigenvalue weighted by Crippen LogP contribution is -2.19. The van der Waals surface area contributed by atoms with Crippen LogP contribution in [0.5, 0.6) is 17.2 Å². The summed E-state index contributed by atoms with van der Waals surface area (Å²) < 4.78 is 16.9. The molecule has 0 radical (unpaired) electrons. The molecule has 0 spiro atoms. The van der Waals surface area contributed by atoms with E-state index in [-0.39, 0.29) is 5.91 Å². The van der Waals surface area contributed by atoms with E-state index in [4.69, 9.17) is 14.2 Å². The van der Waals surface area contributed by atoms with Crippen LogP contribution in [-0.4, -0.2) is 32.4 Å². The molecule has 3 rings (SSSR count). The number of nitrogens with one attached hydrogen (secondary N) is 1. The Hall–Kier alpha value is -3.32. The smallest absolute Gasteiger partial charge is 0.245 e. The maximum atomic E-state index is 11.9. The molecule has 0 bridgehead atoms. The minimum Gasteiger partial charge on any atom is -0.493 e. The molecule has 0 fully saturated rings. The number of para-hydroxylation sites is 1. The first kappa shape index (κ1) is 21.4. The fourth-order valence-corrected chi connectivity index (χ4v) is 3.40. The second-order valence-electron chi connectivity index (χ2n) is 6.42. The molecule has 1 N–H and O–H groups in total. The highest BCUT2D eigenvalue weighted by atomic mass is 32.1. The molecule has 0 atom stereocenters. The summed E-state index contributed by atoms with van der Waals surface area (Å²) in [4.78, 5) is 12.9. The van der Waals surface area contributed by atoms with Crippen LogP contribution >= 0.6 is 11.3 Å². The van der Waals surface area contributed by atoms with E-state index >= 15 is 0 Å². The van der Waals surface area contributed by atoms with Gasteiger partial charge in [-0.15, -0.1) is 11.3 Å². The van der Waals surface area contributed by atoms with E-state index in [0.717, 1.165) is 21.8 Å². The summed E-state index contributed by atoms with van der Waals surface area (Å²) in [6.07, 6.45) is 1.88. The Balaban J connectivity index is 1.49. The average molecular weight is 425 g/mol. The summed E-state index contributed by atoms with van der Waals surface area (Å²) in [5.74, 6) is 1.89. The lowest BCUT2D eigenvalue weighted by Gasteiger charge is -2.12. The van der Waals surface area contributed by atoms with Crippen molar-refractivity contribution in [1.29, 1.82) is 0 Å². The Morgan fingerprint density at radius 1 is 1.03 bits per heavy atom. The molecule has 0 unspecified atom stereocenters. The Kier molecular flexibility index (Phi) is 7.86. The second kappa shape index (κ2) is 11.0. The molecule has 0 saturated heterocycles. The Bertz CT molecular complexity index is 987.